The number of hydrogen-bond acceptors (Lipinski definition) is 5. The van der Waals surface area contributed by atoms with Crippen molar-refractivity contribution in [3.63, 3.8) is 0 Å². The van der Waals surface area contributed by atoms with E-state index in [-0.39, 0.29) is 24.0 Å². The normalized spacial score (nSPS) is 31.2. The highest BCUT2D eigenvalue weighted by molar-refractivity contribution is 5.95. The van der Waals surface area contributed by atoms with Gasteiger partial charge in [0.2, 0.25) is 0 Å². The third-order valence-corrected chi connectivity index (χ3v) is 4.00. The summed E-state index contributed by atoms with van der Waals surface area (Å²) >= 11 is 0. The Morgan fingerprint density at radius 1 is 1.22 bits per heavy atom. The molecule has 0 N–H and O–H groups in total. The van der Waals surface area contributed by atoms with Crippen LogP contribution in [0.2, 0.25) is 0 Å². The van der Waals surface area contributed by atoms with E-state index in [9.17, 15) is 9.59 Å². The second-order valence-electron chi connectivity index (χ2n) is 5.09. The van der Waals surface area contributed by atoms with Crippen molar-refractivity contribution in [3.05, 3.63) is 0 Å². The first-order chi connectivity index (χ1) is 8.54. The van der Waals surface area contributed by atoms with Crippen LogP contribution in [0.3, 0.4) is 0 Å². The molecule has 0 radical (unpaired) electrons. The highest BCUT2D eigenvalue weighted by atomic mass is 16.6. The van der Waals surface area contributed by atoms with Crippen molar-refractivity contribution in [2.75, 3.05) is 13.2 Å². The first-order valence-corrected chi connectivity index (χ1v) is 6.29. The molecule has 2 aliphatic carbocycles. The standard InChI is InChI=1S/C13H17NO4/c1-3-17-10(15)9(11(16)18-4-2)5-12-6-13(12,7-12)8-14/h9H,3-7H2,1-2H3. The van der Waals surface area contributed by atoms with Crippen LogP contribution in [0.15, 0.2) is 0 Å². The maximum atomic E-state index is 11.8. The van der Waals surface area contributed by atoms with Crippen molar-refractivity contribution < 1.29 is 19.1 Å². The fourth-order valence-electron chi connectivity index (χ4n) is 2.69. The predicted octanol–water partition coefficient (Wildman–Crippen LogP) is 1.42. The average Bonchev–Trinajstić information content (AvgIpc) is 3.12. The third-order valence-electron chi connectivity index (χ3n) is 4.00. The van der Waals surface area contributed by atoms with Crippen molar-refractivity contribution in [3.8, 4) is 6.07 Å². The number of fused-ring (bicyclic) bond motifs is 1. The molecule has 5 heteroatoms. The van der Waals surface area contributed by atoms with Gasteiger partial charge >= 0.3 is 11.9 Å². The van der Waals surface area contributed by atoms with Gasteiger partial charge in [-0.05, 0) is 38.5 Å². The predicted molar refractivity (Wildman–Crippen MR) is 61.1 cm³/mol. The molecule has 0 spiro atoms. The molecule has 0 amide bonds. The number of carbonyl (C=O) groups excluding carboxylic acids is 2. The van der Waals surface area contributed by atoms with Gasteiger partial charge in [0.1, 0.15) is 0 Å². The van der Waals surface area contributed by atoms with E-state index in [0.717, 1.165) is 12.8 Å². The number of ether oxygens (including phenoxy) is 2. The fraction of sp³-hybridized carbons (Fsp3) is 0.769. The Labute approximate surface area is 106 Å². The molecule has 0 saturated heterocycles. The van der Waals surface area contributed by atoms with Crippen molar-refractivity contribution in [2.45, 2.75) is 33.1 Å². The highest BCUT2D eigenvalue weighted by Gasteiger charge is 2.84. The molecule has 0 aliphatic heterocycles. The van der Waals surface area contributed by atoms with Crippen LogP contribution in [0.4, 0.5) is 0 Å². The second-order valence-corrected chi connectivity index (χ2v) is 5.09. The van der Waals surface area contributed by atoms with E-state index in [1.54, 1.807) is 13.8 Å². The Bertz CT molecular complexity index is 399. The molecule has 98 valence electrons. The summed E-state index contributed by atoms with van der Waals surface area (Å²) < 4.78 is 9.82. The largest absolute Gasteiger partial charge is 0.465 e. The van der Waals surface area contributed by atoms with Crippen molar-refractivity contribution >= 4 is 11.9 Å². The summed E-state index contributed by atoms with van der Waals surface area (Å²) in [6.45, 7) is 3.88. The Hall–Kier alpha value is -1.57. The van der Waals surface area contributed by atoms with E-state index in [0.29, 0.717) is 6.42 Å². The van der Waals surface area contributed by atoms with E-state index < -0.39 is 17.9 Å². The van der Waals surface area contributed by atoms with Gasteiger partial charge in [-0.15, -0.1) is 0 Å². The first kappa shape index (κ1) is 12.9. The summed E-state index contributed by atoms with van der Waals surface area (Å²) in [6.07, 6.45) is 1.98. The van der Waals surface area contributed by atoms with Crippen LogP contribution < -0.4 is 0 Å². The van der Waals surface area contributed by atoms with Gasteiger partial charge in [-0.3, -0.25) is 9.59 Å². The molecule has 2 fully saturated rings. The lowest BCUT2D eigenvalue weighted by Crippen LogP contribution is -2.29. The van der Waals surface area contributed by atoms with Crippen LogP contribution in [0.1, 0.15) is 33.1 Å². The van der Waals surface area contributed by atoms with Gasteiger partial charge in [-0.25, -0.2) is 0 Å². The van der Waals surface area contributed by atoms with Crippen molar-refractivity contribution in [2.24, 2.45) is 16.7 Å². The van der Waals surface area contributed by atoms with Crippen LogP contribution >= 0.6 is 0 Å². The van der Waals surface area contributed by atoms with E-state index in [1.165, 1.54) is 0 Å². The lowest BCUT2D eigenvalue weighted by molar-refractivity contribution is -0.162. The van der Waals surface area contributed by atoms with Gasteiger partial charge < -0.3 is 9.47 Å². The molecule has 2 rings (SSSR count). The molecule has 18 heavy (non-hydrogen) atoms. The molecule has 0 aromatic carbocycles. The van der Waals surface area contributed by atoms with E-state index in [1.807, 2.05) is 0 Å². The van der Waals surface area contributed by atoms with Gasteiger partial charge in [0.25, 0.3) is 0 Å². The van der Waals surface area contributed by atoms with Crippen molar-refractivity contribution in [1.82, 2.24) is 0 Å². The lowest BCUT2D eigenvalue weighted by atomic mass is 9.97. The molecular weight excluding hydrogens is 234 g/mol. The summed E-state index contributed by atoms with van der Waals surface area (Å²) in [6, 6.07) is 2.27. The molecule has 5 nitrogen and oxygen atoms in total. The molecule has 0 bridgehead atoms. The zero-order valence-corrected chi connectivity index (χ0v) is 10.7. The zero-order valence-electron chi connectivity index (χ0n) is 10.7. The molecule has 0 unspecified atom stereocenters. The van der Waals surface area contributed by atoms with E-state index in [4.69, 9.17) is 14.7 Å². The maximum Gasteiger partial charge on any atom is 0.320 e. The Morgan fingerprint density at radius 3 is 2.06 bits per heavy atom. The molecule has 0 heterocycles. The topological polar surface area (TPSA) is 76.4 Å². The van der Waals surface area contributed by atoms with Crippen LogP contribution in [0, 0.1) is 28.1 Å². The number of esters is 2. The summed E-state index contributed by atoms with van der Waals surface area (Å²) in [5.41, 5.74) is -0.379. The number of carbonyl (C=O) groups is 2. The number of hydrogen-bond donors (Lipinski definition) is 0. The first-order valence-electron chi connectivity index (χ1n) is 6.29. The van der Waals surface area contributed by atoms with Gasteiger partial charge in [0, 0.05) is 0 Å². The maximum absolute atomic E-state index is 11.8. The molecule has 0 aromatic rings. The van der Waals surface area contributed by atoms with Gasteiger partial charge in [0.05, 0.1) is 24.7 Å². The van der Waals surface area contributed by atoms with E-state index in [2.05, 4.69) is 6.07 Å². The monoisotopic (exact) mass is 251 g/mol. The smallest absolute Gasteiger partial charge is 0.320 e. The van der Waals surface area contributed by atoms with Crippen molar-refractivity contribution in [1.29, 1.82) is 5.26 Å². The summed E-state index contributed by atoms with van der Waals surface area (Å²) in [5, 5.41) is 8.99. The number of rotatable bonds is 6. The van der Waals surface area contributed by atoms with Crippen LogP contribution in [0.5, 0.6) is 0 Å². The van der Waals surface area contributed by atoms with Gasteiger partial charge in [0.15, 0.2) is 5.92 Å². The molecule has 2 saturated carbocycles. The third kappa shape index (κ3) is 1.86. The molecule has 2 aliphatic rings. The van der Waals surface area contributed by atoms with Crippen LogP contribution in [0.25, 0.3) is 0 Å². The van der Waals surface area contributed by atoms with Gasteiger partial charge in [-0.2, -0.15) is 5.26 Å². The minimum atomic E-state index is -0.873. The Morgan fingerprint density at radius 2 is 1.72 bits per heavy atom. The SMILES string of the molecule is CCOC(=O)C(CC12CC1(C#N)C2)C(=O)OCC. The summed E-state index contributed by atoms with van der Waals surface area (Å²) in [5.74, 6) is -1.94. The molecule has 0 atom stereocenters. The minimum Gasteiger partial charge on any atom is -0.465 e. The fourth-order valence-corrected chi connectivity index (χ4v) is 2.69. The number of nitrogens with zero attached hydrogens (tertiary/aromatic N) is 1. The quantitative estimate of drug-likeness (QED) is 0.527. The van der Waals surface area contributed by atoms with Gasteiger partial charge in [-0.1, -0.05) is 0 Å². The average molecular weight is 251 g/mol. The Balaban J connectivity index is 2.00. The summed E-state index contributed by atoms with van der Waals surface area (Å²) in [7, 11) is 0. The second kappa shape index (κ2) is 4.27. The van der Waals surface area contributed by atoms with Crippen LogP contribution in [-0.4, -0.2) is 25.2 Å². The minimum absolute atomic E-state index is 0.119. The molecule has 0 aromatic heterocycles. The zero-order chi connectivity index (χ0) is 13.4. The summed E-state index contributed by atoms with van der Waals surface area (Å²) in [4.78, 5) is 23.5. The highest BCUT2D eigenvalue weighted by Crippen LogP contribution is 2.87. The number of nitriles is 1. The van der Waals surface area contributed by atoms with Crippen LogP contribution in [-0.2, 0) is 19.1 Å². The van der Waals surface area contributed by atoms with E-state index >= 15 is 0 Å². The lowest BCUT2D eigenvalue weighted by Gasteiger charge is -2.15. The Kier molecular flexibility index (Phi) is 3.05. The molecular formula is C13H17NO4.